The first-order valence-corrected chi connectivity index (χ1v) is 9.93. The number of carboxylic acids is 1. The average Bonchev–Trinajstić information content (AvgIpc) is 2.78. The van der Waals surface area contributed by atoms with E-state index in [1.54, 1.807) is 61.8 Å². The predicted molar refractivity (Wildman–Crippen MR) is 118 cm³/mol. The minimum Gasteiger partial charge on any atom is -0.478 e. The van der Waals surface area contributed by atoms with Gasteiger partial charge in [-0.25, -0.2) is 4.79 Å². The van der Waals surface area contributed by atoms with E-state index in [-0.39, 0.29) is 11.5 Å². The van der Waals surface area contributed by atoms with Crippen LogP contribution in [0.4, 0.5) is 0 Å². The molecular formula is C25H23NO5. The molecule has 31 heavy (non-hydrogen) atoms. The van der Waals surface area contributed by atoms with Crippen LogP contribution in [-0.4, -0.2) is 28.6 Å². The molecule has 0 amide bonds. The Morgan fingerprint density at radius 2 is 1.68 bits per heavy atom. The molecule has 1 aromatic heterocycles. The lowest BCUT2D eigenvalue weighted by molar-refractivity contribution is -0.143. The van der Waals surface area contributed by atoms with Crippen LogP contribution in [-0.2, 0) is 20.7 Å². The maximum atomic E-state index is 11.7. The van der Waals surface area contributed by atoms with Gasteiger partial charge in [0.1, 0.15) is 11.5 Å². The van der Waals surface area contributed by atoms with Gasteiger partial charge in [0, 0.05) is 18.8 Å². The number of hydrogen-bond acceptors (Lipinski definition) is 5. The summed E-state index contributed by atoms with van der Waals surface area (Å²) in [6.45, 7) is 2.17. The molecule has 0 aliphatic heterocycles. The highest BCUT2D eigenvalue weighted by molar-refractivity contribution is 6.20. The SMILES string of the molecule is CCOC(=O)CCc1ccc(Oc2ccc(/C(=C\c3cccnc3)C(=O)O)cc2)cc1. The minimum atomic E-state index is -1.02. The fraction of sp³-hybridized carbons (Fsp3) is 0.160. The Hall–Kier alpha value is -3.93. The number of carboxylic acid groups (broad SMARTS) is 1. The first-order chi connectivity index (χ1) is 15.0. The van der Waals surface area contributed by atoms with E-state index in [4.69, 9.17) is 9.47 Å². The van der Waals surface area contributed by atoms with Crippen molar-refractivity contribution in [1.29, 1.82) is 0 Å². The van der Waals surface area contributed by atoms with Crippen molar-refractivity contribution >= 4 is 23.6 Å². The van der Waals surface area contributed by atoms with Crippen LogP contribution in [0.3, 0.4) is 0 Å². The first kappa shape index (κ1) is 21.8. The molecule has 0 aliphatic rings. The maximum Gasteiger partial charge on any atom is 0.336 e. The predicted octanol–water partition coefficient (Wildman–Crippen LogP) is 4.99. The molecule has 0 aliphatic carbocycles. The quantitative estimate of drug-likeness (QED) is 0.390. The summed E-state index contributed by atoms with van der Waals surface area (Å²) in [5, 5.41) is 9.58. The van der Waals surface area contributed by atoms with Gasteiger partial charge < -0.3 is 14.6 Å². The largest absolute Gasteiger partial charge is 0.478 e. The van der Waals surface area contributed by atoms with Gasteiger partial charge in [0.2, 0.25) is 0 Å². The van der Waals surface area contributed by atoms with E-state index in [0.29, 0.717) is 42.1 Å². The number of carbonyl (C=O) groups excluding carboxylic acids is 1. The van der Waals surface area contributed by atoms with E-state index in [9.17, 15) is 14.7 Å². The highest BCUT2D eigenvalue weighted by Crippen LogP contribution is 2.25. The zero-order valence-electron chi connectivity index (χ0n) is 17.2. The molecule has 1 heterocycles. The van der Waals surface area contributed by atoms with E-state index in [1.807, 2.05) is 24.3 Å². The smallest absolute Gasteiger partial charge is 0.336 e. The number of ether oxygens (including phenoxy) is 2. The molecule has 0 fully saturated rings. The summed E-state index contributed by atoms with van der Waals surface area (Å²) in [6, 6.07) is 17.9. The number of aliphatic carboxylic acids is 1. The fourth-order valence-electron chi connectivity index (χ4n) is 2.94. The number of benzene rings is 2. The zero-order valence-corrected chi connectivity index (χ0v) is 17.2. The summed E-state index contributed by atoms with van der Waals surface area (Å²) >= 11 is 0. The van der Waals surface area contributed by atoms with Gasteiger partial charge in [-0.1, -0.05) is 30.3 Å². The molecule has 158 valence electrons. The van der Waals surface area contributed by atoms with Crippen LogP contribution < -0.4 is 4.74 Å². The summed E-state index contributed by atoms with van der Waals surface area (Å²) in [7, 11) is 0. The number of pyridine rings is 1. The van der Waals surface area contributed by atoms with Crippen LogP contribution in [0.1, 0.15) is 30.0 Å². The molecule has 0 saturated carbocycles. The second-order valence-electron chi connectivity index (χ2n) is 6.72. The van der Waals surface area contributed by atoms with Gasteiger partial charge in [0.25, 0.3) is 0 Å². The number of esters is 1. The van der Waals surface area contributed by atoms with Crippen molar-refractivity contribution in [3.8, 4) is 11.5 Å². The van der Waals surface area contributed by atoms with Gasteiger partial charge in [-0.3, -0.25) is 9.78 Å². The van der Waals surface area contributed by atoms with E-state index >= 15 is 0 Å². The Balaban J connectivity index is 1.65. The van der Waals surface area contributed by atoms with Gasteiger partial charge in [0.05, 0.1) is 12.2 Å². The Morgan fingerprint density at radius 3 is 2.26 bits per heavy atom. The molecule has 6 heteroatoms. The van der Waals surface area contributed by atoms with E-state index in [1.165, 1.54) is 0 Å². The Kier molecular flexibility index (Phi) is 7.54. The maximum absolute atomic E-state index is 11.7. The summed E-state index contributed by atoms with van der Waals surface area (Å²) in [5.41, 5.74) is 2.47. The molecule has 0 radical (unpaired) electrons. The van der Waals surface area contributed by atoms with Gasteiger partial charge in [-0.15, -0.1) is 0 Å². The monoisotopic (exact) mass is 417 g/mol. The average molecular weight is 417 g/mol. The van der Waals surface area contributed by atoms with Crippen molar-refractivity contribution in [2.24, 2.45) is 0 Å². The van der Waals surface area contributed by atoms with E-state index in [2.05, 4.69) is 4.98 Å². The fourth-order valence-corrected chi connectivity index (χ4v) is 2.94. The highest BCUT2D eigenvalue weighted by atomic mass is 16.5. The number of nitrogens with zero attached hydrogens (tertiary/aromatic N) is 1. The number of aryl methyl sites for hydroxylation is 1. The molecule has 0 saturated heterocycles. The van der Waals surface area contributed by atoms with Crippen molar-refractivity contribution < 1.29 is 24.2 Å². The highest BCUT2D eigenvalue weighted by Gasteiger charge is 2.11. The summed E-state index contributed by atoms with van der Waals surface area (Å²) < 4.78 is 10.8. The van der Waals surface area contributed by atoms with E-state index in [0.717, 1.165) is 5.56 Å². The lowest BCUT2D eigenvalue weighted by Gasteiger charge is -2.09. The molecule has 0 atom stereocenters. The Labute approximate surface area is 180 Å². The van der Waals surface area contributed by atoms with Crippen LogP contribution in [0.15, 0.2) is 73.1 Å². The van der Waals surface area contributed by atoms with Crippen LogP contribution >= 0.6 is 0 Å². The van der Waals surface area contributed by atoms with Crippen LogP contribution in [0, 0.1) is 0 Å². The first-order valence-electron chi connectivity index (χ1n) is 9.93. The molecule has 0 unspecified atom stereocenters. The van der Waals surface area contributed by atoms with Crippen molar-refractivity contribution in [1.82, 2.24) is 4.98 Å². The Morgan fingerprint density at radius 1 is 1.00 bits per heavy atom. The van der Waals surface area contributed by atoms with Gasteiger partial charge >= 0.3 is 11.9 Å². The summed E-state index contributed by atoms with van der Waals surface area (Å²) in [5.74, 6) is 0.0169. The molecular weight excluding hydrogens is 394 g/mol. The van der Waals surface area contributed by atoms with Gasteiger partial charge in [-0.2, -0.15) is 0 Å². The Bertz CT molecular complexity index is 1040. The van der Waals surface area contributed by atoms with Gasteiger partial charge in [0.15, 0.2) is 0 Å². The van der Waals surface area contributed by atoms with Crippen molar-refractivity contribution in [2.75, 3.05) is 6.61 Å². The third kappa shape index (κ3) is 6.54. The summed E-state index contributed by atoms with van der Waals surface area (Å²) in [6.07, 6.45) is 5.77. The molecule has 0 bridgehead atoms. The molecule has 0 spiro atoms. The third-order valence-corrected chi connectivity index (χ3v) is 4.47. The van der Waals surface area contributed by atoms with Gasteiger partial charge in [-0.05, 0) is 66.4 Å². The third-order valence-electron chi connectivity index (χ3n) is 4.47. The number of rotatable bonds is 9. The van der Waals surface area contributed by atoms with Crippen molar-refractivity contribution in [3.63, 3.8) is 0 Å². The standard InChI is InChI=1S/C25H23NO5/c1-2-30-24(27)14-7-18-5-10-21(11-6-18)31-22-12-8-20(9-13-22)23(25(28)29)16-19-4-3-15-26-17-19/h3-6,8-13,15-17H,2,7,14H2,1H3,(H,28,29)/b23-16+. The van der Waals surface area contributed by atoms with Crippen molar-refractivity contribution in [3.05, 3.63) is 89.7 Å². The molecule has 6 nitrogen and oxygen atoms in total. The molecule has 3 aromatic rings. The minimum absolute atomic E-state index is 0.172. The van der Waals surface area contributed by atoms with Crippen LogP contribution in [0.2, 0.25) is 0 Å². The second-order valence-corrected chi connectivity index (χ2v) is 6.72. The lowest BCUT2D eigenvalue weighted by atomic mass is 10.0. The number of hydrogen-bond donors (Lipinski definition) is 1. The second kappa shape index (κ2) is 10.7. The van der Waals surface area contributed by atoms with Crippen LogP contribution in [0.5, 0.6) is 11.5 Å². The summed E-state index contributed by atoms with van der Waals surface area (Å²) in [4.78, 5) is 27.2. The van der Waals surface area contributed by atoms with E-state index < -0.39 is 5.97 Å². The topological polar surface area (TPSA) is 85.7 Å². The van der Waals surface area contributed by atoms with Crippen LogP contribution in [0.25, 0.3) is 11.6 Å². The molecule has 2 aromatic carbocycles. The lowest BCUT2D eigenvalue weighted by Crippen LogP contribution is -2.05. The number of carbonyl (C=O) groups is 2. The van der Waals surface area contributed by atoms with Crippen molar-refractivity contribution in [2.45, 2.75) is 19.8 Å². The normalized spacial score (nSPS) is 11.1. The zero-order chi connectivity index (χ0) is 22.1. The number of aromatic nitrogens is 1. The molecule has 3 rings (SSSR count). The molecule has 1 N–H and O–H groups in total.